The van der Waals surface area contributed by atoms with E-state index in [2.05, 4.69) is 5.32 Å². The van der Waals surface area contributed by atoms with Crippen molar-refractivity contribution in [1.29, 1.82) is 0 Å². The number of hydrogen-bond acceptors (Lipinski definition) is 5. The number of ether oxygens (including phenoxy) is 1. The topological polar surface area (TPSA) is 102 Å². The van der Waals surface area contributed by atoms with Gasteiger partial charge in [-0.2, -0.15) is 0 Å². The second-order valence-corrected chi connectivity index (χ2v) is 7.18. The lowest BCUT2D eigenvalue weighted by Gasteiger charge is -2.09. The number of hydrogen-bond donors (Lipinski definition) is 2. The molecule has 0 saturated carbocycles. The summed E-state index contributed by atoms with van der Waals surface area (Å²) >= 11 is 0. The maximum absolute atomic E-state index is 13.8. The van der Waals surface area contributed by atoms with Crippen molar-refractivity contribution < 1.29 is 31.5 Å². The summed E-state index contributed by atoms with van der Waals surface area (Å²) in [5.41, 5.74) is -0.388. The molecule has 0 fully saturated rings. The summed E-state index contributed by atoms with van der Waals surface area (Å²) in [6.45, 7) is -0.858. The molecule has 2 rings (SSSR count). The third kappa shape index (κ3) is 5.31. The van der Waals surface area contributed by atoms with Crippen molar-refractivity contribution in [2.24, 2.45) is 0 Å². The quantitative estimate of drug-likeness (QED) is 0.686. The van der Waals surface area contributed by atoms with Gasteiger partial charge in [0, 0.05) is 12.1 Å². The fraction of sp³-hybridized carbons (Fsp3) is 0.176. The maximum atomic E-state index is 13.8. The lowest BCUT2D eigenvalue weighted by molar-refractivity contribution is -0.124. The van der Waals surface area contributed by atoms with Crippen LogP contribution >= 0.6 is 0 Å². The zero-order chi connectivity index (χ0) is 20.0. The largest absolute Gasteiger partial charge is 0.452 e. The number of halogens is 2. The van der Waals surface area contributed by atoms with Crippen LogP contribution in [-0.2, 0) is 26.1 Å². The highest BCUT2D eigenvalue weighted by atomic mass is 32.2. The molecule has 0 radical (unpaired) electrons. The van der Waals surface area contributed by atoms with Gasteiger partial charge in [-0.05, 0) is 31.3 Å². The Bertz CT molecular complexity index is 964. The number of amides is 1. The average molecular weight is 398 g/mol. The van der Waals surface area contributed by atoms with E-state index in [-0.39, 0.29) is 17.0 Å². The number of rotatable bonds is 7. The Morgan fingerprint density at radius 2 is 1.78 bits per heavy atom. The van der Waals surface area contributed by atoms with Crippen LogP contribution in [0, 0.1) is 11.6 Å². The Hall–Kier alpha value is -2.85. The number of nitrogens with one attached hydrogen (secondary N) is 2. The van der Waals surface area contributed by atoms with Gasteiger partial charge in [-0.1, -0.05) is 18.2 Å². The summed E-state index contributed by atoms with van der Waals surface area (Å²) in [7, 11) is -2.72. The molecule has 0 spiro atoms. The van der Waals surface area contributed by atoms with E-state index in [1.54, 1.807) is 6.07 Å². The number of sulfonamides is 1. The first-order valence-corrected chi connectivity index (χ1v) is 9.13. The summed E-state index contributed by atoms with van der Waals surface area (Å²) in [5, 5.41) is 2.35. The summed E-state index contributed by atoms with van der Waals surface area (Å²) < 4.78 is 57.4. The predicted octanol–water partition coefficient (Wildman–Crippen LogP) is 1.35. The zero-order valence-corrected chi connectivity index (χ0v) is 15.0. The Balaban J connectivity index is 1.98. The first-order chi connectivity index (χ1) is 12.7. The van der Waals surface area contributed by atoms with Crippen LogP contribution in [0.4, 0.5) is 8.78 Å². The van der Waals surface area contributed by atoms with Crippen LogP contribution in [0.3, 0.4) is 0 Å². The molecule has 10 heteroatoms. The highest BCUT2D eigenvalue weighted by molar-refractivity contribution is 7.89. The van der Waals surface area contributed by atoms with Crippen molar-refractivity contribution in [3.8, 4) is 0 Å². The first kappa shape index (κ1) is 20.5. The minimum absolute atomic E-state index is 0.118. The van der Waals surface area contributed by atoms with E-state index in [1.807, 2.05) is 4.72 Å². The Labute approximate surface area is 154 Å². The lowest BCUT2D eigenvalue weighted by atomic mass is 10.2. The standard InChI is InChI=1S/C17H16F2N2O5S/c1-20-27(24,25)12-6-7-15(19)13(8-12)17(23)26-10-16(22)21-9-11-4-2-3-5-14(11)18/h2-8,20H,9-10H2,1H3,(H,21,22). The molecule has 0 bridgehead atoms. The van der Waals surface area contributed by atoms with Crippen molar-refractivity contribution in [3.63, 3.8) is 0 Å². The second-order valence-electron chi connectivity index (χ2n) is 5.29. The minimum Gasteiger partial charge on any atom is -0.452 e. The van der Waals surface area contributed by atoms with E-state index in [4.69, 9.17) is 4.74 Å². The maximum Gasteiger partial charge on any atom is 0.341 e. The zero-order valence-electron chi connectivity index (χ0n) is 14.2. The summed E-state index contributed by atoms with van der Waals surface area (Å²) in [5.74, 6) is -3.44. The van der Waals surface area contributed by atoms with Gasteiger partial charge >= 0.3 is 5.97 Å². The number of benzene rings is 2. The van der Waals surface area contributed by atoms with Gasteiger partial charge in [-0.3, -0.25) is 4.79 Å². The van der Waals surface area contributed by atoms with Crippen LogP contribution in [0.2, 0.25) is 0 Å². The van der Waals surface area contributed by atoms with Crippen molar-refractivity contribution >= 4 is 21.9 Å². The second kappa shape index (κ2) is 8.69. The SMILES string of the molecule is CNS(=O)(=O)c1ccc(F)c(C(=O)OCC(=O)NCc2ccccc2F)c1. The summed E-state index contributed by atoms with van der Waals surface area (Å²) in [6, 6.07) is 8.40. The van der Waals surface area contributed by atoms with Gasteiger partial charge in [-0.15, -0.1) is 0 Å². The Morgan fingerprint density at radius 1 is 1.07 bits per heavy atom. The monoisotopic (exact) mass is 398 g/mol. The van der Waals surface area contributed by atoms with Crippen LogP contribution in [0.1, 0.15) is 15.9 Å². The molecule has 0 aliphatic carbocycles. The van der Waals surface area contributed by atoms with Crippen molar-refractivity contribution in [2.75, 3.05) is 13.7 Å². The molecule has 2 aromatic rings. The van der Waals surface area contributed by atoms with Gasteiger partial charge in [-0.25, -0.2) is 26.7 Å². The van der Waals surface area contributed by atoms with Crippen molar-refractivity contribution in [2.45, 2.75) is 11.4 Å². The van der Waals surface area contributed by atoms with E-state index >= 15 is 0 Å². The molecular weight excluding hydrogens is 382 g/mol. The smallest absolute Gasteiger partial charge is 0.341 e. The van der Waals surface area contributed by atoms with Crippen LogP contribution in [0.15, 0.2) is 47.4 Å². The molecule has 0 aromatic heterocycles. The van der Waals surface area contributed by atoms with Gasteiger partial charge in [0.25, 0.3) is 5.91 Å². The van der Waals surface area contributed by atoms with Crippen LogP contribution < -0.4 is 10.0 Å². The molecule has 27 heavy (non-hydrogen) atoms. The molecule has 2 N–H and O–H groups in total. The Morgan fingerprint density at radius 3 is 2.44 bits per heavy atom. The highest BCUT2D eigenvalue weighted by Crippen LogP contribution is 2.16. The van der Waals surface area contributed by atoms with E-state index in [1.165, 1.54) is 18.2 Å². The van der Waals surface area contributed by atoms with Crippen molar-refractivity contribution in [1.82, 2.24) is 10.0 Å². The van der Waals surface area contributed by atoms with Gasteiger partial charge in [0.15, 0.2) is 6.61 Å². The molecule has 0 atom stereocenters. The Kier molecular flexibility index (Phi) is 6.59. The lowest BCUT2D eigenvalue weighted by Crippen LogP contribution is -2.29. The number of carbonyl (C=O) groups excluding carboxylic acids is 2. The van der Waals surface area contributed by atoms with Gasteiger partial charge < -0.3 is 10.1 Å². The molecule has 0 aliphatic heterocycles. The summed E-state index contributed by atoms with van der Waals surface area (Å²) in [6.07, 6.45) is 0. The highest BCUT2D eigenvalue weighted by Gasteiger charge is 2.20. The molecule has 0 aliphatic rings. The van der Waals surface area contributed by atoms with E-state index in [9.17, 15) is 26.8 Å². The molecular formula is C17H16F2N2O5S. The number of esters is 1. The third-order valence-corrected chi connectivity index (χ3v) is 4.92. The fourth-order valence-electron chi connectivity index (χ4n) is 2.04. The van der Waals surface area contributed by atoms with E-state index < -0.39 is 45.7 Å². The van der Waals surface area contributed by atoms with Crippen LogP contribution in [0.25, 0.3) is 0 Å². The molecule has 2 aromatic carbocycles. The molecule has 0 saturated heterocycles. The first-order valence-electron chi connectivity index (χ1n) is 7.65. The average Bonchev–Trinajstić information content (AvgIpc) is 2.65. The predicted molar refractivity (Wildman–Crippen MR) is 91.2 cm³/mol. The van der Waals surface area contributed by atoms with Gasteiger partial charge in [0.1, 0.15) is 11.6 Å². The van der Waals surface area contributed by atoms with E-state index in [0.29, 0.717) is 0 Å². The molecule has 0 heterocycles. The molecule has 144 valence electrons. The van der Waals surface area contributed by atoms with Gasteiger partial charge in [0.2, 0.25) is 10.0 Å². The molecule has 1 amide bonds. The molecule has 0 unspecified atom stereocenters. The number of carbonyl (C=O) groups is 2. The molecule has 7 nitrogen and oxygen atoms in total. The van der Waals surface area contributed by atoms with Crippen molar-refractivity contribution in [3.05, 3.63) is 65.2 Å². The van der Waals surface area contributed by atoms with E-state index in [0.717, 1.165) is 25.2 Å². The fourth-order valence-corrected chi connectivity index (χ4v) is 2.80. The summed E-state index contributed by atoms with van der Waals surface area (Å²) in [4.78, 5) is 23.3. The van der Waals surface area contributed by atoms with Gasteiger partial charge in [0.05, 0.1) is 10.5 Å². The van der Waals surface area contributed by atoms with Crippen LogP contribution in [0.5, 0.6) is 0 Å². The van der Waals surface area contributed by atoms with Crippen LogP contribution in [-0.4, -0.2) is 33.9 Å². The normalized spacial score (nSPS) is 11.1. The minimum atomic E-state index is -3.88. The third-order valence-electron chi connectivity index (χ3n) is 3.50.